The molecule has 1 aromatic carbocycles. The third kappa shape index (κ3) is 6.23. The van der Waals surface area contributed by atoms with E-state index in [2.05, 4.69) is 21.4 Å². The molecule has 2 aliphatic heterocycles. The Hall–Kier alpha value is -3.49. The van der Waals surface area contributed by atoms with E-state index in [1.807, 2.05) is 0 Å². The predicted molar refractivity (Wildman–Crippen MR) is 130 cm³/mol. The van der Waals surface area contributed by atoms with Crippen LogP contribution in [0.4, 0.5) is 13.2 Å². The molecule has 1 aromatic rings. The second kappa shape index (κ2) is 10.2. The van der Waals surface area contributed by atoms with Gasteiger partial charge in [-0.2, -0.15) is 5.26 Å². The first-order valence-electron chi connectivity index (χ1n) is 13.3. The molecule has 2 heterocycles. The lowest BCUT2D eigenvalue weighted by Gasteiger charge is -2.37. The van der Waals surface area contributed by atoms with Crippen molar-refractivity contribution in [2.45, 2.75) is 81.8 Å². The first kappa shape index (κ1) is 27.1. The van der Waals surface area contributed by atoms with Gasteiger partial charge >= 0.3 is 6.36 Å². The molecular weight excluding hydrogens is 517 g/mol. The molecule has 0 radical (unpaired) electrons. The summed E-state index contributed by atoms with van der Waals surface area (Å²) in [6, 6.07) is 5.17. The van der Waals surface area contributed by atoms with Gasteiger partial charge < -0.3 is 25.0 Å². The molecule has 4 fully saturated rings. The van der Waals surface area contributed by atoms with Gasteiger partial charge in [-0.25, -0.2) is 0 Å². The number of rotatable bonds is 8. The first-order chi connectivity index (χ1) is 18.5. The van der Waals surface area contributed by atoms with E-state index in [1.54, 1.807) is 0 Å². The van der Waals surface area contributed by atoms with Gasteiger partial charge in [0.1, 0.15) is 23.6 Å². The number of ether oxygens (including phenoxy) is 2. The summed E-state index contributed by atoms with van der Waals surface area (Å²) in [5.41, 5.74) is -0.194. The molecule has 0 bridgehead atoms. The lowest BCUT2D eigenvalue weighted by Crippen LogP contribution is -2.51. The summed E-state index contributed by atoms with van der Waals surface area (Å²) in [7, 11) is 0. The Labute approximate surface area is 224 Å². The number of halogens is 3. The highest BCUT2D eigenvalue weighted by molar-refractivity contribution is 5.89. The van der Waals surface area contributed by atoms with E-state index in [0.29, 0.717) is 19.4 Å². The maximum atomic E-state index is 13.3. The van der Waals surface area contributed by atoms with Crippen LogP contribution in [0.1, 0.15) is 57.8 Å². The molecule has 1 unspecified atom stereocenters. The largest absolute Gasteiger partial charge is 0.573 e. The maximum Gasteiger partial charge on any atom is 0.573 e. The Morgan fingerprint density at radius 2 is 1.85 bits per heavy atom. The van der Waals surface area contributed by atoms with Gasteiger partial charge in [-0.1, -0.05) is 6.42 Å². The number of nitriles is 1. The highest BCUT2D eigenvalue weighted by Gasteiger charge is 2.52. The molecule has 3 atom stereocenters. The number of alkyl halides is 3. The molecule has 4 aliphatic rings. The average Bonchev–Trinajstić information content (AvgIpc) is 3.46. The van der Waals surface area contributed by atoms with E-state index in [1.165, 1.54) is 17.0 Å². The summed E-state index contributed by atoms with van der Waals surface area (Å²) >= 11 is 0. The first-order valence-corrected chi connectivity index (χ1v) is 13.3. The Kier molecular flexibility index (Phi) is 7.11. The summed E-state index contributed by atoms with van der Waals surface area (Å²) in [6.07, 6.45) is 2.22. The number of carbonyl (C=O) groups is 3. The van der Waals surface area contributed by atoms with Crippen LogP contribution in [-0.4, -0.2) is 59.8 Å². The quantitative estimate of drug-likeness (QED) is 0.515. The van der Waals surface area contributed by atoms with Crippen LogP contribution in [0.3, 0.4) is 0 Å². The molecule has 12 heteroatoms. The third-order valence-corrected chi connectivity index (χ3v) is 8.54. The molecule has 210 valence electrons. The van der Waals surface area contributed by atoms with E-state index in [0.717, 1.165) is 50.7 Å². The van der Waals surface area contributed by atoms with Crippen molar-refractivity contribution in [3.63, 3.8) is 0 Å². The average molecular weight is 549 g/mol. The number of benzene rings is 1. The van der Waals surface area contributed by atoms with Gasteiger partial charge in [0.05, 0.1) is 6.07 Å². The second-order valence-corrected chi connectivity index (χ2v) is 11.3. The van der Waals surface area contributed by atoms with Crippen LogP contribution in [0.25, 0.3) is 0 Å². The minimum atomic E-state index is -4.81. The molecule has 3 amide bonds. The van der Waals surface area contributed by atoms with Gasteiger partial charge in [-0.05, 0) is 81.0 Å². The number of piperidine rings is 1. The molecule has 2 N–H and O–H groups in total. The maximum absolute atomic E-state index is 13.3. The molecule has 2 saturated heterocycles. The van der Waals surface area contributed by atoms with Gasteiger partial charge in [-0.15, -0.1) is 13.2 Å². The van der Waals surface area contributed by atoms with Crippen LogP contribution in [0, 0.1) is 22.7 Å². The smallest absolute Gasteiger partial charge is 0.484 e. The fraction of sp³-hybridized carbons (Fsp3) is 0.630. The molecule has 9 nitrogen and oxygen atoms in total. The number of likely N-dealkylation sites (tertiary alicyclic amines) is 1. The van der Waals surface area contributed by atoms with Crippen LogP contribution in [0.2, 0.25) is 0 Å². The summed E-state index contributed by atoms with van der Waals surface area (Å²) in [5, 5.41) is 15.5. The van der Waals surface area contributed by atoms with Crippen LogP contribution in [0.5, 0.6) is 11.5 Å². The van der Waals surface area contributed by atoms with Gasteiger partial charge in [0.25, 0.3) is 5.91 Å². The molecule has 2 spiro atoms. The number of nitrogens with zero attached hydrogens (tertiary/aromatic N) is 2. The third-order valence-electron chi connectivity index (χ3n) is 8.54. The Morgan fingerprint density at radius 3 is 2.41 bits per heavy atom. The number of amides is 3. The zero-order chi connectivity index (χ0) is 27.8. The van der Waals surface area contributed by atoms with Crippen LogP contribution in [-0.2, 0) is 14.4 Å². The molecular formula is C27H31F3N4O5. The molecule has 5 rings (SSSR count). The van der Waals surface area contributed by atoms with E-state index >= 15 is 0 Å². The number of hydrogen-bond acceptors (Lipinski definition) is 6. The standard InChI is InChI=1S/C27H31F3N4O5/c28-27(29,30)39-20-4-2-19(3-5-20)38-15-22(35)34-16-25(7-1-8-25)13-21(34)24(37)32-18(14-31)12-17-6-9-26(10-11-26)33-23(17)36/h2-5,17-18,21H,1,6-13,15-16H2,(H,32,37)(H,33,36)/t17-,18-,21?/m0/s1. The fourth-order valence-electron chi connectivity index (χ4n) is 6.01. The monoisotopic (exact) mass is 548 g/mol. The molecule has 39 heavy (non-hydrogen) atoms. The van der Waals surface area contributed by atoms with Crippen LogP contribution < -0.4 is 20.1 Å². The lowest BCUT2D eigenvalue weighted by atomic mass is 9.67. The Morgan fingerprint density at radius 1 is 1.15 bits per heavy atom. The SMILES string of the molecule is N#C[C@H](C[C@@H]1CCC2(CC2)NC1=O)NC(=O)C1CC2(CCC2)CN1C(=O)COc1ccc(OC(F)(F)F)cc1. The Bertz CT molecular complexity index is 1160. The number of hydrogen-bond donors (Lipinski definition) is 2. The summed E-state index contributed by atoms with van der Waals surface area (Å²) < 4.78 is 46.4. The van der Waals surface area contributed by atoms with Crippen LogP contribution >= 0.6 is 0 Å². The topological polar surface area (TPSA) is 121 Å². The van der Waals surface area contributed by atoms with E-state index in [9.17, 15) is 32.8 Å². The summed E-state index contributed by atoms with van der Waals surface area (Å²) in [4.78, 5) is 40.5. The molecule has 0 aromatic heterocycles. The summed E-state index contributed by atoms with van der Waals surface area (Å²) in [5.74, 6) is -1.50. The molecule has 2 aliphatic carbocycles. The summed E-state index contributed by atoms with van der Waals surface area (Å²) in [6.45, 7) is 0.000975. The number of carbonyl (C=O) groups excluding carboxylic acids is 3. The van der Waals surface area contributed by atoms with E-state index in [4.69, 9.17) is 4.74 Å². The van der Waals surface area contributed by atoms with Gasteiger partial charge in [0.15, 0.2) is 6.61 Å². The van der Waals surface area contributed by atoms with Crippen molar-refractivity contribution >= 4 is 17.7 Å². The zero-order valence-electron chi connectivity index (χ0n) is 21.4. The predicted octanol–water partition coefficient (Wildman–Crippen LogP) is 3.19. The fourth-order valence-corrected chi connectivity index (χ4v) is 6.01. The van der Waals surface area contributed by atoms with Crippen molar-refractivity contribution in [2.24, 2.45) is 11.3 Å². The van der Waals surface area contributed by atoms with Gasteiger partial charge in [-0.3, -0.25) is 14.4 Å². The van der Waals surface area contributed by atoms with Crippen molar-refractivity contribution in [3.05, 3.63) is 24.3 Å². The van der Waals surface area contributed by atoms with Gasteiger partial charge in [0.2, 0.25) is 11.8 Å². The highest BCUT2D eigenvalue weighted by atomic mass is 19.4. The second-order valence-electron chi connectivity index (χ2n) is 11.3. The zero-order valence-corrected chi connectivity index (χ0v) is 21.4. The lowest BCUT2D eigenvalue weighted by molar-refractivity contribution is -0.274. The van der Waals surface area contributed by atoms with Crippen molar-refractivity contribution in [1.82, 2.24) is 15.5 Å². The van der Waals surface area contributed by atoms with E-state index in [-0.39, 0.29) is 34.9 Å². The van der Waals surface area contributed by atoms with Gasteiger partial charge in [0, 0.05) is 18.0 Å². The van der Waals surface area contributed by atoms with Crippen molar-refractivity contribution < 1.29 is 37.0 Å². The highest BCUT2D eigenvalue weighted by Crippen LogP contribution is 2.50. The minimum absolute atomic E-state index is 0.0538. The van der Waals surface area contributed by atoms with Crippen molar-refractivity contribution in [2.75, 3.05) is 13.2 Å². The normalized spacial score (nSPS) is 25.3. The molecule has 2 saturated carbocycles. The van der Waals surface area contributed by atoms with Crippen molar-refractivity contribution in [1.29, 1.82) is 5.26 Å². The van der Waals surface area contributed by atoms with E-state index < -0.39 is 42.6 Å². The van der Waals surface area contributed by atoms with Crippen LogP contribution in [0.15, 0.2) is 24.3 Å². The number of nitrogens with one attached hydrogen (secondary N) is 2. The van der Waals surface area contributed by atoms with Crippen molar-refractivity contribution in [3.8, 4) is 17.6 Å². The minimum Gasteiger partial charge on any atom is -0.484 e. The Balaban J connectivity index is 1.18.